The largest absolute Gasteiger partial charge is 0.496 e. The maximum atomic E-state index is 13.9. The lowest BCUT2D eigenvalue weighted by molar-refractivity contribution is -0.137. The van der Waals surface area contributed by atoms with Crippen LogP contribution < -0.4 is 30.5 Å². The van der Waals surface area contributed by atoms with Gasteiger partial charge < -0.3 is 20.7 Å². The third-order valence-electron chi connectivity index (χ3n) is 6.53. The maximum Gasteiger partial charge on any atom is 0.421 e. The van der Waals surface area contributed by atoms with Crippen molar-refractivity contribution in [3.63, 3.8) is 0 Å². The summed E-state index contributed by atoms with van der Waals surface area (Å²) in [4.78, 5) is 31.6. The molecular weight excluding hydrogens is 619 g/mol. The molecule has 1 heterocycles. The summed E-state index contributed by atoms with van der Waals surface area (Å²) in [7, 11) is -1.09. The SMILES string of the molecule is COc1cc(Nc2ncc(C(F)(F)F)c(Nc3ccccc3N(C)S(C)(=O)=O)n2)ccc1C(=O)NCCCCCCC(=O)NO. The molecule has 3 aromatic rings. The summed E-state index contributed by atoms with van der Waals surface area (Å²) in [5.74, 6) is -1.48. The minimum absolute atomic E-state index is 0.0618. The molecule has 13 nitrogen and oxygen atoms in total. The lowest BCUT2D eigenvalue weighted by Gasteiger charge is -2.22. The van der Waals surface area contributed by atoms with E-state index >= 15 is 0 Å². The van der Waals surface area contributed by atoms with Gasteiger partial charge >= 0.3 is 6.18 Å². The quantitative estimate of drug-likeness (QED) is 0.0888. The van der Waals surface area contributed by atoms with Gasteiger partial charge in [0.25, 0.3) is 5.91 Å². The van der Waals surface area contributed by atoms with Gasteiger partial charge in [-0.05, 0) is 37.1 Å². The van der Waals surface area contributed by atoms with Crippen LogP contribution in [0.3, 0.4) is 0 Å². The lowest BCUT2D eigenvalue weighted by Crippen LogP contribution is -2.25. The molecule has 0 unspecified atom stereocenters. The zero-order valence-corrected chi connectivity index (χ0v) is 25.6. The molecule has 0 aliphatic heterocycles. The molecule has 0 fully saturated rings. The van der Waals surface area contributed by atoms with Crippen LogP contribution in [0.15, 0.2) is 48.7 Å². The van der Waals surface area contributed by atoms with E-state index in [0.717, 1.165) is 23.4 Å². The smallest absolute Gasteiger partial charge is 0.421 e. The van der Waals surface area contributed by atoms with Crippen molar-refractivity contribution in [1.29, 1.82) is 0 Å². The van der Waals surface area contributed by atoms with Gasteiger partial charge in [-0.1, -0.05) is 25.0 Å². The molecule has 45 heavy (non-hydrogen) atoms. The number of unbranched alkanes of at least 4 members (excludes halogenated alkanes) is 3. The van der Waals surface area contributed by atoms with Crippen LogP contribution in [0.2, 0.25) is 0 Å². The van der Waals surface area contributed by atoms with Crippen molar-refractivity contribution < 1.29 is 41.1 Å². The van der Waals surface area contributed by atoms with Crippen LogP contribution in [0.25, 0.3) is 0 Å². The number of benzene rings is 2. The van der Waals surface area contributed by atoms with Gasteiger partial charge in [0.15, 0.2) is 0 Å². The first-order chi connectivity index (χ1) is 21.2. The molecular formula is C28H34F3N7O6S. The Hall–Kier alpha value is -4.64. The summed E-state index contributed by atoms with van der Waals surface area (Å²) in [6.45, 7) is 0.381. The number of nitrogens with one attached hydrogen (secondary N) is 4. The second-order valence-electron chi connectivity index (χ2n) is 9.82. The van der Waals surface area contributed by atoms with E-state index in [4.69, 9.17) is 9.94 Å². The first-order valence-corrected chi connectivity index (χ1v) is 15.5. The fourth-order valence-electron chi connectivity index (χ4n) is 4.11. The Morgan fingerprint density at radius 1 is 1.04 bits per heavy atom. The molecule has 0 aliphatic rings. The van der Waals surface area contributed by atoms with Crippen molar-refractivity contribution in [2.24, 2.45) is 0 Å². The molecule has 0 atom stereocenters. The van der Waals surface area contributed by atoms with Gasteiger partial charge in [-0.15, -0.1) is 0 Å². The molecule has 2 aromatic carbocycles. The van der Waals surface area contributed by atoms with Crippen molar-refractivity contribution in [2.45, 2.75) is 38.3 Å². The Labute approximate surface area is 258 Å². The Morgan fingerprint density at radius 3 is 2.42 bits per heavy atom. The average Bonchev–Trinajstić information content (AvgIpc) is 2.99. The molecule has 0 saturated carbocycles. The summed E-state index contributed by atoms with van der Waals surface area (Å²) in [5.41, 5.74) is 1.11. The normalized spacial score (nSPS) is 11.4. The predicted molar refractivity (Wildman–Crippen MR) is 162 cm³/mol. The third-order valence-corrected chi connectivity index (χ3v) is 7.72. The Bertz CT molecular complexity index is 1610. The Morgan fingerprint density at radius 2 is 1.76 bits per heavy atom. The second kappa shape index (κ2) is 15.4. The summed E-state index contributed by atoms with van der Waals surface area (Å²) < 4.78 is 72.1. The summed E-state index contributed by atoms with van der Waals surface area (Å²) >= 11 is 0. The highest BCUT2D eigenvalue weighted by Crippen LogP contribution is 2.37. The van der Waals surface area contributed by atoms with Crippen LogP contribution in [-0.4, -0.2) is 62.4 Å². The molecule has 2 amide bonds. The minimum atomic E-state index is -4.83. The van der Waals surface area contributed by atoms with Crippen molar-refractivity contribution in [3.05, 3.63) is 59.8 Å². The van der Waals surface area contributed by atoms with E-state index in [-0.39, 0.29) is 35.1 Å². The monoisotopic (exact) mass is 653 g/mol. The van der Waals surface area contributed by atoms with Crippen molar-refractivity contribution in [1.82, 2.24) is 20.8 Å². The number of halogens is 3. The number of rotatable bonds is 15. The standard InChI is InChI=1S/C28H34F3N7O6S/c1-38(45(3,42)43)22-11-8-7-10-21(22)35-25-20(28(29,30)31)17-33-27(36-25)34-18-13-14-19(23(16-18)44-2)26(40)32-15-9-5-4-6-12-24(39)37-41/h7-8,10-11,13-14,16-17,41H,4-6,9,12,15H2,1-3H3,(H,32,40)(H,37,39)(H2,33,34,35,36). The highest BCUT2D eigenvalue weighted by atomic mass is 32.2. The zero-order valence-electron chi connectivity index (χ0n) is 24.7. The highest BCUT2D eigenvalue weighted by Gasteiger charge is 2.35. The van der Waals surface area contributed by atoms with Crippen LogP contribution in [0.4, 0.5) is 42.0 Å². The van der Waals surface area contributed by atoms with E-state index in [2.05, 4.69) is 25.9 Å². The number of methoxy groups -OCH3 is 1. The fraction of sp³-hybridized carbons (Fsp3) is 0.357. The molecule has 0 bridgehead atoms. The van der Waals surface area contributed by atoms with Gasteiger partial charge in [0.1, 0.15) is 17.1 Å². The second-order valence-corrected chi connectivity index (χ2v) is 11.8. The van der Waals surface area contributed by atoms with Crippen LogP contribution in [0.5, 0.6) is 5.75 Å². The predicted octanol–water partition coefficient (Wildman–Crippen LogP) is 4.57. The van der Waals surface area contributed by atoms with E-state index in [9.17, 15) is 31.2 Å². The maximum absolute atomic E-state index is 13.9. The number of alkyl halides is 3. The lowest BCUT2D eigenvalue weighted by atomic mass is 10.1. The van der Waals surface area contributed by atoms with E-state index < -0.39 is 39.4 Å². The molecule has 3 rings (SSSR count). The number of ether oxygens (including phenoxy) is 1. The minimum Gasteiger partial charge on any atom is -0.496 e. The van der Waals surface area contributed by atoms with E-state index in [1.165, 1.54) is 50.6 Å². The number of nitrogens with zero attached hydrogens (tertiary/aromatic N) is 3. The number of hydrogen-bond donors (Lipinski definition) is 5. The molecule has 0 spiro atoms. The number of anilines is 5. The Balaban J connectivity index is 1.75. The number of sulfonamides is 1. The van der Waals surface area contributed by atoms with E-state index in [1.54, 1.807) is 11.5 Å². The first kappa shape index (κ1) is 34.8. The molecule has 244 valence electrons. The number of carbonyl (C=O) groups is 2. The van der Waals surface area contributed by atoms with Crippen molar-refractivity contribution >= 4 is 50.7 Å². The first-order valence-electron chi connectivity index (χ1n) is 13.6. The van der Waals surface area contributed by atoms with E-state index in [1.807, 2.05) is 0 Å². The fourth-order valence-corrected chi connectivity index (χ4v) is 4.62. The van der Waals surface area contributed by atoms with Crippen LogP contribution in [0, 0.1) is 0 Å². The molecule has 0 aliphatic carbocycles. The zero-order chi connectivity index (χ0) is 33.2. The topological polar surface area (TPSA) is 175 Å². The number of carbonyl (C=O) groups excluding carboxylic acids is 2. The summed E-state index contributed by atoms with van der Waals surface area (Å²) in [6, 6.07) is 10.4. The van der Waals surface area contributed by atoms with Crippen LogP contribution >= 0.6 is 0 Å². The van der Waals surface area contributed by atoms with Gasteiger partial charge in [-0.25, -0.2) is 18.9 Å². The van der Waals surface area contributed by atoms with Gasteiger partial charge in [0, 0.05) is 38.0 Å². The van der Waals surface area contributed by atoms with Gasteiger partial charge in [0.2, 0.25) is 21.9 Å². The van der Waals surface area contributed by atoms with Gasteiger partial charge in [-0.3, -0.25) is 19.1 Å². The molecule has 0 radical (unpaired) electrons. The number of aromatic nitrogens is 2. The number of amides is 2. The summed E-state index contributed by atoms with van der Waals surface area (Å²) in [6.07, 6.45) is -0.250. The van der Waals surface area contributed by atoms with Crippen LogP contribution in [-0.2, 0) is 21.0 Å². The molecule has 0 saturated heterocycles. The molecule has 17 heteroatoms. The number of hydrogen-bond acceptors (Lipinski definition) is 10. The van der Waals surface area contributed by atoms with Crippen LogP contribution in [0.1, 0.15) is 48.0 Å². The summed E-state index contributed by atoms with van der Waals surface area (Å²) in [5, 5.41) is 16.7. The van der Waals surface area contributed by atoms with Gasteiger partial charge in [0.05, 0.1) is 30.3 Å². The highest BCUT2D eigenvalue weighted by molar-refractivity contribution is 7.92. The van der Waals surface area contributed by atoms with Crippen molar-refractivity contribution in [3.8, 4) is 5.75 Å². The van der Waals surface area contributed by atoms with Gasteiger partial charge in [-0.2, -0.15) is 18.2 Å². The third kappa shape index (κ3) is 9.94. The Kier molecular flexibility index (Phi) is 11.9. The van der Waals surface area contributed by atoms with Crippen molar-refractivity contribution in [2.75, 3.05) is 41.9 Å². The molecule has 5 N–H and O–H groups in total. The van der Waals surface area contributed by atoms with E-state index in [0.29, 0.717) is 31.3 Å². The number of hydroxylamine groups is 1. The molecule has 1 aromatic heterocycles. The average molecular weight is 654 g/mol. The number of para-hydroxylation sites is 2.